The van der Waals surface area contributed by atoms with Crippen LogP contribution in [-0.4, -0.2) is 37.6 Å². The molecule has 0 aliphatic heterocycles. The Bertz CT molecular complexity index is 732. The smallest absolute Gasteiger partial charge is 0.298 e. The Morgan fingerprint density at radius 1 is 1.18 bits per heavy atom. The molecular formula is C14H17N5O3. The predicted molar refractivity (Wildman–Crippen MR) is 79.8 cm³/mol. The van der Waals surface area contributed by atoms with Gasteiger partial charge in [-0.05, 0) is 43.3 Å². The van der Waals surface area contributed by atoms with Crippen LogP contribution in [-0.2, 0) is 11.3 Å². The van der Waals surface area contributed by atoms with Gasteiger partial charge in [0.15, 0.2) is 5.78 Å². The van der Waals surface area contributed by atoms with Crippen molar-refractivity contribution in [1.29, 1.82) is 0 Å². The van der Waals surface area contributed by atoms with Gasteiger partial charge in [0.05, 0.1) is 0 Å². The number of aromatic nitrogens is 4. The van der Waals surface area contributed by atoms with Gasteiger partial charge in [-0.2, -0.15) is 4.68 Å². The van der Waals surface area contributed by atoms with Crippen molar-refractivity contribution in [1.82, 2.24) is 19.8 Å². The number of amides is 1. The SMILES string of the molecule is CC(=O)Cn1nnn(C(=O)N(c2ccccc2)C(C)C)c1=O. The summed E-state index contributed by atoms with van der Waals surface area (Å²) in [5, 5.41) is 7.13. The Hall–Kier alpha value is -2.77. The van der Waals surface area contributed by atoms with E-state index in [1.54, 1.807) is 24.3 Å². The molecule has 0 spiro atoms. The van der Waals surface area contributed by atoms with Crippen molar-refractivity contribution in [2.45, 2.75) is 33.4 Å². The zero-order valence-electron chi connectivity index (χ0n) is 12.6. The summed E-state index contributed by atoms with van der Waals surface area (Å²) in [6.45, 7) is 4.78. The highest BCUT2D eigenvalue weighted by molar-refractivity contribution is 5.93. The molecule has 116 valence electrons. The Kier molecular flexibility index (Phi) is 4.50. The molecular weight excluding hydrogens is 286 g/mol. The fraction of sp³-hybridized carbons (Fsp3) is 0.357. The number of rotatable bonds is 4. The van der Waals surface area contributed by atoms with Crippen molar-refractivity contribution in [3.05, 3.63) is 40.8 Å². The number of nitrogens with zero attached hydrogens (tertiary/aromatic N) is 5. The van der Waals surface area contributed by atoms with E-state index in [9.17, 15) is 14.4 Å². The van der Waals surface area contributed by atoms with E-state index < -0.39 is 11.7 Å². The van der Waals surface area contributed by atoms with E-state index in [1.807, 2.05) is 19.9 Å². The Balaban J connectivity index is 2.39. The summed E-state index contributed by atoms with van der Waals surface area (Å²) in [7, 11) is 0. The van der Waals surface area contributed by atoms with Crippen LogP contribution in [0.5, 0.6) is 0 Å². The minimum Gasteiger partial charge on any atom is -0.298 e. The first-order valence-corrected chi connectivity index (χ1v) is 6.82. The van der Waals surface area contributed by atoms with Crippen molar-refractivity contribution in [3.8, 4) is 0 Å². The van der Waals surface area contributed by atoms with Gasteiger partial charge in [0.25, 0.3) is 0 Å². The van der Waals surface area contributed by atoms with Gasteiger partial charge in [-0.1, -0.05) is 18.2 Å². The topological polar surface area (TPSA) is 90.1 Å². The largest absolute Gasteiger partial charge is 0.372 e. The molecule has 0 saturated carbocycles. The van der Waals surface area contributed by atoms with Crippen molar-refractivity contribution < 1.29 is 9.59 Å². The zero-order chi connectivity index (χ0) is 16.3. The number of carbonyl (C=O) groups is 2. The van der Waals surface area contributed by atoms with E-state index >= 15 is 0 Å². The third kappa shape index (κ3) is 3.11. The summed E-state index contributed by atoms with van der Waals surface area (Å²) in [4.78, 5) is 37.2. The maximum absolute atomic E-state index is 12.6. The number of para-hydroxylation sites is 1. The molecule has 2 aromatic rings. The highest BCUT2D eigenvalue weighted by Crippen LogP contribution is 2.17. The summed E-state index contributed by atoms with van der Waals surface area (Å²) in [6.07, 6.45) is 0. The van der Waals surface area contributed by atoms with E-state index in [2.05, 4.69) is 10.4 Å². The molecule has 0 aliphatic carbocycles. The Morgan fingerprint density at radius 3 is 2.36 bits per heavy atom. The number of hydrogen-bond acceptors (Lipinski definition) is 5. The lowest BCUT2D eigenvalue weighted by molar-refractivity contribution is -0.117. The molecule has 0 fully saturated rings. The second-order valence-electron chi connectivity index (χ2n) is 5.11. The molecule has 22 heavy (non-hydrogen) atoms. The van der Waals surface area contributed by atoms with E-state index in [1.165, 1.54) is 11.8 Å². The van der Waals surface area contributed by atoms with Gasteiger partial charge in [-0.3, -0.25) is 9.69 Å². The molecule has 1 aromatic heterocycles. The number of hydrogen-bond donors (Lipinski definition) is 0. The van der Waals surface area contributed by atoms with E-state index in [0.29, 0.717) is 10.4 Å². The molecule has 1 amide bonds. The Morgan fingerprint density at radius 2 is 1.82 bits per heavy atom. The van der Waals surface area contributed by atoms with Crippen LogP contribution in [0, 0.1) is 0 Å². The first-order chi connectivity index (χ1) is 10.4. The average molecular weight is 303 g/mol. The summed E-state index contributed by atoms with van der Waals surface area (Å²) >= 11 is 0. The van der Waals surface area contributed by atoms with Crippen LogP contribution in [0.1, 0.15) is 20.8 Å². The average Bonchev–Trinajstić information content (AvgIpc) is 2.80. The molecule has 0 unspecified atom stereocenters. The molecule has 1 heterocycles. The maximum atomic E-state index is 12.6. The summed E-state index contributed by atoms with van der Waals surface area (Å²) in [5.41, 5.74) is -0.0858. The molecule has 0 N–H and O–H groups in total. The summed E-state index contributed by atoms with van der Waals surface area (Å²) in [6, 6.07) is 8.18. The molecule has 0 atom stereocenters. The van der Waals surface area contributed by atoms with Gasteiger partial charge in [-0.15, -0.1) is 4.68 Å². The Labute approximate surface area is 126 Å². The van der Waals surface area contributed by atoms with Crippen LogP contribution in [0.15, 0.2) is 35.1 Å². The van der Waals surface area contributed by atoms with Crippen molar-refractivity contribution >= 4 is 17.5 Å². The molecule has 8 heteroatoms. The van der Waals surface area contributed by atoms with Gasteiger partial charge in [0, 0.05) is 11.7 Å². The number of benzene rings is 1. The first-order valence-electron chi connectivity index (χ1n) is 6.82. The second kappa shape index (κ2) is 6.33. The van der Waals surface area contributed by atoms with E-state index in [-0.39, 0.29) is 18.4 Å². The molecule has 0 aliphatic rings. The number of carbonyl (C=O) groups excluding carboxylic acids is 2. The minimum atomic E-state index is -0.734. The fourth-order valence-corrected chi connectivity index (χ4v) is 2.02. The third-order valence-electron chi connectivity index (χ3n) is 2.95. The molecule has 1 aromatic carbocycles. The van der Waals surface area contributed by atoms with Crippen LogP contribution in [0.25, 0.3) is 0 Å². The molecule has 2 rings (SSSR count). The van der Waals surface area contributed by atoms with Crippen LogP contribution in [0.2, 0.25) is 0 Å². The van der Waals surface area contributed by atoms with Gasteiger partial charge in [-0.25, -0.2) is 9.59 Å². The van der Waals surface area contributed by atoms with Gasteiger partial charge >= 0.3 is 11.7 Å². The molecule has 0 saturated heterocycles. The van der Waals surface area contributed by atoms with Crippen molar-refractivity contribution in [2.24, 2.45) is 0 Å². The van der Waals surface area contributed by atoms with Crippen LogP contribution in [0.4, 0.5) is 10.5 Å². The summed E-state index contributed by atoms with van der Waals surface area (Å²) < 4.78 is 1.53. The van der Waals surface area contributed by atoms with Crippen molar-refractivity contribution in [2.75, 3.05) is 4.90 Å². The zero-order valence-corrected chi connectivity index (χ0v) is 12.6. The van der Waals surface area contributed by atoms with Crippen LogP contribution < -0.4 is 10.6 Å². The molecule has 8 nitrogen and oxygen atoms in total. The quantitative estimate of drug-likeness (QED) is 0.783. The third-order valence-corrected chi connectivity index (χ3v) is 2.95. The number of Topliss-reactive ketones (excluding diaryl/α,β-unsaturated/α-hetero) is 1. The second-order valence-corrected chi connectivity index (χ2v) is 5.11. The lowest BCUT2D eigenvalue weighted by atomic mass is 10.2. The minimum absolute atomic E-state index is 0.181. The number of tetrazole rings is 1. The first kappa shape index (κ1) is 15.6. The fourth-order valence-electron chi connectivity index (χ4n) is 2.02. The van der Waals surface area contributed by atoms with Gasteiger partial charge in [0.2, 0.25) is 0 Å². The van der Waals surface area contributed by atoms with Crippen molar-refractivity contribution in [3.63, 3.8) is 0 Å². The van der Waals surface area contributed by atoms with Gasteiger partial charge in [0.1, 0.15) is 6.54 Å². The molecule has 0 radical (unpaired) electrons. The lowest BCUT2D eigenvalue weighted by Gasteiger charge is -2.25. The highest BCUT2D eigenvalue weighted by atomic mass is 16.2. The monoisotopic (exact) mass is 303 g/mol. The van der Waals surface area contributed by atoms with Gasteiger partial charge < -0.3 is 0 Å². The summed E-state index contributed by atoms with van der Waals surface area (Å²) in [5.74, 6) is -0.245. The van der Waals surface area contributed by atoms with E-state index in [0.717, 1.165) is 4.68 Å². The number of ketones is 1. The van der Waals surface area contributed by atoms with Crippen LogP contribution in [0.3, 0.4) is 0 Å². The molecule has 0 bridgehead atoms. The number of anilines is 1. The van der Waals surface area contributed by atoms with Crippen LogP contribution >= 0.6 is 0 Å². The van der Waals surface area contributed by atoms with E-state index in [4.69, 9.17) is 0 Å². The highest BCUT2D eigenvalue weighted by Gasteiger charge is 2.24. The lowest BCUT2D eigenvalue weighted by Crippen LogP contribution is -2.44. The standard InChI is InChI=1S/C14H17N5O3/c1-10(2)18(12-7-5-4-6-8-12)14(22)19-13(21)17(15-16-19)9-11(3)20/h4-8,10H,9H2,1-3H3. The maximum Gasteiger partial charge on any atom is 0.372 e. The normalized spacial score (nSPS) is 10.7. The predicted octanol–water partition coefficient (Wildman–Crippen LogP) is 0.912.